The first-order valence-electron chi connectivity index (χ1n) is 10.5. The van der Waals surface area contributed by atoms with Crippen molar-refractivity contribution in [2.24, 2.45) is 0 Å². The largest absolute Gasteiger partial charge is 0.347 e. The maximum absolute atomic E-state index is 5.08. The fraction of sp³-hybridized carbons (Fsp3) is 0.280. The first kappa shape index (κ1) is 19.6. The number of hydrogen-bond acceptors (Lipinski definition) is 5. The van der Waals surface area contributed by atoms with Crippen molar-refractivity contribution in [3.63, 3.8) is 0 Å². The van der Waals surface area contributed by atoms with Crippen molar-refractivity contribution in [2.45, 2.75) is 43.9 Å². The van der Waals surface area contributed by atoms with Crippen molar-refractivity contribution in [3.05, 3.63) is 82.2 Å². The van der Waals surface area contributed by atoms with Gasteiger partial charge >= 0.3 is 0 Å². The molecule has 0 radical (unpaired) electrons. The zero-order chi connectivity index (χ0) is 20.3. The van der Waals surface area contributed by atoms with Gasteiger partial charge in [-0.15, -0.1) is 11.3 Å². The van der Waals surface area contributed by atoms with Crippen molar-refractivity contribution in [1.29, 1.82) is 0 Å². The van der Waals surface area contributed by atoms with E-state index in [4.69, 9.17) is 9.97 Å². The molecule has 30 heavy (non-hydrogen) atoms. The summed E-state index contributed by atoms with van der Waals surface area (Å²) in [6, 6.07) is 21.4. The molecule has 2 aromatic carbocycles. The fourth-order valence-electron chi connectivity index (χ4n) is 4.25. The van der Waals surface area contributed by atoms with Gasteiger partial charge in [-0.1, -0.05) is 72.4 Å². The number of nitrogens with zero attached hydrogens (tertiary/aromatic N) is 3. The van der Waals surface area contributed by atoms with E-state index in [-0.39, 0.29) is 0 Å². The lowest BCUT2D eigenvalue weighted by Crippen LogP contribution is -2.24. The average Bonchev–Trinajstić information content (AvgIpc) is 3.18. The summed E-state index contributed by atoms with van der Waals surface area (Å²) in [4.78, 5) is 15.1. The van der Waals surface area contributed by atoms with E-state index >= 15 is 0 Å². The third-order valence-corrected chi connectivity index (χ3v) is 7.42. The molecule has 0 N–H and O–H groups in total. The predicted molar refractivity (Wildman–Crippen MR) is 129 cm³/mol. The number of benzene rings is 2. The molecule has 0 saturated heterocycles. The number of fused-ring (bicyclic) bond motifs is 3. The van der Waals surface area contributed by atoms with Gasteiger partial charge in [-0.2, -0.15) is 0 Å². The van der Waals surface area contributed by atoms with Gasteiger partial charge in [-0.05, 0) is 48.6 Å². The van der Waals surface area contributed by atoms with Crippen LogP contribution in [0.2, 0.25) is 0 Å². The van der Waals surface area contributed by atoms with Crippen LogP contribution in [0.3, 0.4) is 0 Å². The number of aryl methyl sites for hydroxylation is 2. The predicted octanol–water partition coefficient (Wildman–Crippen LogP) is 6.50. The molecule has 0 amide bonds. The van der Waals surface area contributed by atoms with Gasteiger partial charge in [0, 0.05) is 18.0 Å². The molecule has 1 aliphatic carbocycles. The van der Waals surface area contributed by atoms with Crippen LogP contribution in [-0.4, -0.2) is 16.2 Å². The van der Waals surface area contributed by atoms with E-state index in [0.717, 1.165) is 35.3 Å². The molecule has 0 fully saturated rings. The topological polar surface area (TPSA) is 29.0 Å². The Bertz CT molecular complexity index is 1100. The molecule has 0 aliphatic heterocycles. The van der Waals surface area contributed by atoms with Gasteiger partial charge < -0.3 is 4.90 Å². The van der Waals surface area contributed by atoms with Gasteiger partial charge in [-0.25, -0.2) is 9.97 Å². The summed E-state index contributed by atoms with van der Waals surface area (Å²) >= 11 is 3.51. The molecule has 3 nitrogen and oxygen atoms in total. The number of aromatic nitrogens is 2. The van der Waals surface area contributed by atoms with Crippen LogP contribution in [0.5, 0.6) is 0 Å². The highest BCUT2D eigenvalue weighted by atomic mass is 32.2. The van der Waals surface area contributed by atoms with Crippen molar-refractivity contribution in [3.8, 4) is 0 Å². The van der Waals surface area contributed by atoms with E-state index in [2.05, 4.69) is 71.8 Å². The van der Waals surface area contributed by atoms with E-state index < -0.39 is 0 Å². The zero-order valence-electron chi connectivity index (χ0n) is 17.2. The molecule has 1 aliphatic rings. The van der Waals surface area contributed by atoms with Crippen LogP contribution in [0.4, 0.5) is 5.82 Å². The lowest BCUT2D eigenvalue weighted by atomic mass is 9.97. The molecule has 2 heterocycles. The number of rotatable bonds is 6. The smallest absolute Gasteiger partial charge is 0.190 e. The molecule has 2 aromatic heterocycles. The fourth-order valence-corrected chi connectivity index (χ4v) is 5.93. The van der Waals surface area contributed by atoms with Gasteiger partial charge in [0.1, 0.15) is 10.6 Å². The molecule has 5 rings (SSSR count). The summed E-state index contributed by atoms with van der Waals surface area (Å²) in [7, 11) is 0. The van der Waals surface area contributed by atoms with Crippen LogP contribution in [0.15, 0.2) is 65.8 Å². The highest BCUT2D eigenvalue weighted by Crippen LogP contribution is 2.41. The van der Waals surface area contributed by atoms with Crippen molar-refractivity contribution in [2.75, 3.05) is 11.2 Å². The Morgan fingerprint density at radius 3 is 2.13 bits per heavy atom. The Hall–Kier alpha value is -2.37. The van der Waals surface area contributed by atoms with Gasteiger partial charge in [0.05, 0.1) is 5.39 Å². The van der Waals surface area contributed by atoms with Crippen LogP contribution < -0.4 is 4.90 Å². The summed E-state index contributed by atoms with van der Waals surface area (Å²) in [5, 5.41) is 2.15. The van der Waals surface area contributed by atoms with Crippen molar-refractivity contribution in [1.82, 2.24) is 9.97 Å². The molecule has 0 atom stereocenters. The van der Waals surface area contributed by atoms with Crippen LogP contribution in [-0.2, 0) is 25.9 Å². The van der Waals surface area contributed by atoms with Gasteiger partial charge in [0.15, 0.2) is 5.16 Å². The zero-order valence-corrected chi connectivity index (χ0v) is 18.8. The minimum atomic E-state index is 0.834. The lowest BCUT2D eigenvalue weighted by molar-refractivity contribution is 0.699. The molecule has 0 unspecified atom stereocenters. The summed E-state index contributed by atoms with van der Waals surface area (Å²) < 4.78 is 0. The van der Waals surface area contributed by atoms with E-state index in [1.165, 1.54) is 46.2 Å². The minimum Gasteiger partial charge on any atom is -0.347 e. The van der Waals surface area contributed by atoms with E-state index in [9.17, 15) is 0 Å². The number of thioether (sulfide) groups is 1. The second-order valence-corrected chi connectivity index (χ2v) is 9.61. The second-order valence-electron chi connectivity index (χ2n) is 7.75. The van der Waals surface area contributed by atoms with Crippen molar-refractivity contribution >= 4 is 39.1 Å². The number of hydrogen-bond donors (Lipinski definition) is 0. The van der Waals surface area contributed by atoms with Crippen LogP contribution >= 0.6 is 23.1 Å². The third-order valence-electron chi connectivity index (χ3n) is 5.69. The molecule has 152 valence electrons. The monoisotopic (exact) mass is 431 g/mol. The molecule has 0 spiro atoms. The van der Waals surface area contributed by atoms with E-state index in [0.29, 0.717) is 0 Å². The first-order chi connectivity index (χ1) is 14.8. The van der Waals surface area contributed by atoms with Gasteiger partial charge in [0.25, 0.3) is 0 Å². The molecule has 5 heteroatoms. The molecule has 4 aromatic rings. The van der Waals surface area contributed by atoms with Crippen LogP contribution in [0.25, 0.3) is 10.2 Å². The molecular weight excluding hydrogens is 406 g/mol. The van der Waals surface area contributed by atoms with Crippen LogP contribution in [0, 0.1) is 0 Å². The third kappa shape index (κ3) is 3.96. The van der Waals surface area contributed by atoms with E-state index in [1.54, 1.807) is 11.8 Å². The second kappa shape index (κ2) is 8.78. The minimum absolute atomic E-state index is 0.834. The standard InChI is InChI=1S/C25H25N3S2/c1-29-25-26-23(22-20-14-8-9-15-21(20)30-24(22)27-25)28(16-18-10-4-2-5-11-18)17-19-12-6-3-7-13-19/h2-7,10-13H,8-9,14-17H2,1H3. The summed E-state index contributed by atoms with van der Waals surface area (Å²) in [5.74, 6) is 1.09. The van der Waals surface area contributed by atoms with Crippen LogP contribution in [0.1, 0.15) is 34.4 Å². The Morgan fingerprint density at radius 1 is 0.867 bits per heavy atom. The Kier molecular flexibility index (Phi) is 5.73. The maximum Gasteiger partial charge on any atom is 0.190 e. The normalized spacial score (nSPS) is 13.4. The summed E-state index contributed by atoms with van der Waals surface area (Å²) in [6.07, 6.45) is 6.95. The summed E-state index contributed by atoms with van der Waals surface area (Å²) in [6.45, 7) is 1.67. The number of anilines is 1. The Labute approximate surface area is 186 Å². The number of thiophene rings is 1. The van der Waals surface area contributed by atoms with Gasteiger partial charge in [-0.3, -0.25) is 0 Å². The molecular formula is C25H25N3S2. The highest BCUT2D eigenvalue weighted by molar-refractivity contribution is 7.98. The summed E-state index contributed by atoms with van der Waals surface area (Å²) in [5.41, 5.74) is 4.10. The quantitative estimate of drug-likeness (QED) is 0.257. The highest BCUT2D eigenvalue weighted by Gasteiger charge is 2.24. The van der Waals surface area contributed by atoms with E-state index in [1.807, 2.05) is 11.3 Å². The molecule has 0 saturated carbocycles. The lowest BCUT2D eigenvalue weighted by Gasteiger charge is -2.26. The average molecular weight is 432 g/mol. The Balaban J connectivity index is 1.66. The van der Waals surface area contributed by atoms with Gasteiger partial charge in [0.2, 0.25) is 0 Å². The van der Waals surface area contributed by atoms with Crippen molar-refractivity contribution < 1.29 is 0 Å². The Morgan fingerprint density at radius 2 is 1.50 bits per heavy atom. The maximum atomic E-state index is 5.08. The molecule has 0 bridgehead atoms. The SMILES string of the molecule is CSc1nc(N(Cc2ccccc2)Cc2ccccc2)c2c3c(sc2n1)CCCC3. The first-order valence-corrected chi connectivity index (χ1v) is 12.5.